The smallest absolute Gasteiger partial charge is 0.330 e. The molecule has 0 fully saturated rings. The monoisotopic (exact) mass is 359 g/mol. The van der Waals surface area contributed by atoms with E-state index in [1.54, 1.807) is 24.3 Å². The fraction of sp³-hybridized carbons (Fsp3) is 0.263. The minimum absolute atomic E-state index is 0.0778. The molecule has 2 unspecified atom stereocenters. The second-order valence-corrected chi connectivity index (χ2v) is 6.34. The van der Waals surface area contributed by atoms with Crippen LogP contribution in [0.25, 0.3) is 0 Å². The summed E-state index contributed by atoms with van der Waals surface area (Å²) in [6, 6.07) is 13.1. The van der Waals surface area contributed by atoms with Gasteiger partial charge in [0, 0.05) is 5.02 Å². The highest BCUT2D eigenvalue weighted by molar-refractivity contribution is 6.30. The van der Waals surface area contributed by atoms with Crippen LogP contribution in [-0.4, -0.2) is 23.6 Å². The van der Waals surface area contributed by atoms with Gasteiger partial charge in [-0.25, -0.2) is 4.79 Å². The fourth-order valence-electron chi connectivity index (χ4n) is 2.98. The second-order valence-electron chi connectivity index (χ2n) is 5.90. The largest absolute Gasteiger partial charge is 0.479 e. The molecule has 0 bridgehead atoms. The summed E-state index contributed by atoms with van der Waals surface area (Å²) in [5.74, 6) is -1.50. The molecule has 0 saturated carbocycles. The van der Waals surface area contributed by atoms with Crippen molar-refractivity contribution in [2.75, 3.05) is 6.61 Å². The number of rotatable bonds is 5. The van der Waals surface area contributed by atoms with Crippen LogP contribution in [-0.2, 0) is 20.7 Å². The van der Waals surface area contributed by atoms with E-state index < -0.39 is 12.0 Å². The van der Waals surface area contributed by atoms with Crippen molar-refractivity contribution in [2.24, 2.45) is 0 Å². The van der Waals surface area contributed by atoms with Crippen LogP contribution in [0.3, 0.4) is 0 Å². The molecule has 2 aromatic rings. The number of carboxylic acid groups (broad SMARTS) is 1. The van der Waals surface area contributed by atoms with Gasteiger partial charge in [-0.2, -0.15) is 0 Å². The number of carboxylic acids is 1. The highest BCUT2D eigenvalue weighted by Gasteiger charge is 2.27. The highest BCUT2D eigenvalue weighted by Crippen LogP contribution is 2.29. The highest BCUT2D eigenvalue weighted by atomic mass is 35.5. The molecule has 1 heterocycles. The maximum atomic E-state index is 12.4. The Morgan fingerprint density at radius 3 is 2.64 bits per heavy atom. The molecule has 0 aromatic heterocycles. The van der Waals surface area contributed by atoms with E-state index >= 15 is 0 Å². The van der Waals surface area contributed by atoms with Crippen molar-refractivity contribution in [1.29, 1.82) is 0 Å². The van der Waals surface area contributed by atoms with Crippen LogP contribution in [0.4, 0.5) is 0 Å². The molecule has 25 heavy (non-hydrogen) atoms. The number of hydrogen-bond acceptors (Lipinski definition) is 3. The molecule has 6 heteroatoms. The van der Waals surface area contributed by atoms with Crippen LogP contribution < -0.4 is 5.32 Å². The lowest BCUT2D eigenvalue weighted by Gasteiger charge is -2.26. The minimum Gasteiger partial charge on any atom is -0.479 e. The van der Waals surface area contributed by atoms with Gasteiger partial charge in [0.15, 0.2) is 6.04 Å². The van der Waals surface area contributed by atoms with Gasteiger partial charge in [-0.15, -0.1) is 0 Å². The first-order chi connectivity index (χ1) is 12.0. The number of amides is 1. The summed E-state index contributed by atoms with van der Waals surface area (Å²) >= 11 is 5.83. The number of carbonyl (C=O) groups is 2. The summed E-state index contributed by atoms with van der Waals surface area (Å²) in [6.07, 6.45) is 0.537. The topological polar surface area (TPSA) is 75.6 Å². The Balaban J connectivity index is 1.71. The molecule has 1 aliphatic rings. The number of halogens is 1. The zero-order valence-corrected chi connectivity index (χ0v) is 14.2. The molecule has 3 rings (SSSR count). The number of aliphatic carboxylic acids is 1. The van der Waals surface area contributed by atoms with Crippen molar-refractivity contribution < 1.29 is 19.4 Å². The van der Waals surface area contributed by atoms with Gasteiger partial charge in [-0.05, 0) is 35.2 Å². The van der Waals surface area contributed by atoms with Crippen LogP contribution in [0.15, 0.2) is 48.5 Å². The van der Waals surface area contributed by atoms with E-state index in [-0.39, 0.29) is 18.4 Å². The fourth-order valence-corrected chi connectivity index (χ4v) is 3.10. The molecule has 0 aliphatic carbocycles. The van der Waals surface area contributed by atoms with Crippen molar-refractivity contribution in [3.8, 4) is 0 Å². The van der Waals surface area contributed by atoms with E-state index in [1.807, 2.05) is 24.3 Å². The molecule has 1 amide bonds. The number of hydrogen-bond donors (Lipinski definition) is 2. The van der Waals surface area contributed by atoms with Crippen LogP contribution in [0.2, 0.25) is 5.02 Å². The molecule has 0 saturated heterocycles. The van der Waals surface area contributed by atoms with Crippen LogP contribution in [0.5, 0.6) is 0 Å². The third kappa shape index (κ3) is 4.18. The van der Waals surface area contributed by atoms with Crippen molar-refractivity contribution in [3.05, 3.63) is 70.2 Å². The summed E-state index contributed by atoms with van der Waals surface area (Å²) in [4.78, 5) is 23.9. The van der Waals surface area contributed by atoms with E-state index in [2.05, 4.69) is 5.32 Å². The quantitative estimate of drug-likeness (QED) is 0.859. The first kappa shape index (κ1) is 17.5. The van der Waals surface area contributed by atoms with Crippen molar-refractivity contribution in [2.45, 2.75) is 25.0 Å². The number of nitrogens with one attached hydrogen (secondary N) is 1. The van der Waals surface area contributed by atoms with Gasteiger partial charge in [0.2, 0.25) is 5.91 Å². The summed E-state index contributed by atoms with van der Waals surface area (Å²) in [6.45, 7) is 0.550. The van der Waals surface area contributed by atoms with E-state index in [0.29, 0.717) is 17.2 Å². The predicted molar refractivity (Wildman–Crippen MR) is 93.4 cm³/mol. The van der Waals surface area contributed by atoms with Crippen LogP contribution >= 0.6 is 11.6 Å². The van der Waals surface area contributed by atoms with E-state index in [0.717, 1.165) is 12.0 Å². The molecule has 0 spiro atoms. The van der Waals surface area contributed by atoms with Gasteiger partial charge in [-0.1, -0.05) is 48.0 Å². The molecule has 5 nitrogen and oxygen atoms in total. The van der Waals surface area contributed by atoms with Crippen molar-refractivity contribution >= 4 is 23.5 Å². The third-order valence-electron chi connectivity index (χ3n) is 4.22. The van der Waals surface area contributed by atoms with Crippen LogP contribution in [0, 0.1) is 0 Å². The van der Waals surface area contributed by atoms with E-state index in [4.69, 9.17) is 16.3 Å². The molecule has 2 atom stereocenters. The van der Waals surface area contributed by atoms with E-state index in [1.165, 1.54) is 5.56 Å². The molecule has 1 aliphatic heterocycles. The summed E-state index contributed by atoms with van der Waals surface area (Å²) in [5, 5.41) is 12.5. The summed E-state index contributed by atoms with van der Waals surface area (Å²) in [7, 11) is 0. The molecule has 2 aromatic carbocycles. The van der Waals surface area contributed by atoms with Crippen molar-refractivity contribution in [3.63, 3.8) is 0 Å². The lowest BCUT2D eigenvalue weighted by atomic mass is 9.95. The van der Waals surface area contributed by atoms with Crippen molar-refractivity contribution in [1.82, 2.24) is 5.32 Å². The number of ether oxygens (including phenoxy) is 1. The Hall–Kier alpha value is -2.37. The normalized spacial score (nSPS) is 17.4. The lowest BCUT2D eigenvalue weighted by Crippen LogP contribution is -2.35. The first-order valence-electron chi connectivity index (χ1n) is 8.01. The van der Waals surface area contributed by atoms with Gasteiger partial charge in [0.1, 0.15) is 0 Å². The number of benzene rings is 2. The molecular weight excluding hydrogens is 342 g/mol. The standard InChI is InChI=1S/C19H18ClNO4/c20-14-7-5-13(6-8-14)18(19(23)24)21-17(22)11-16-15-4-2-1-3-12(15)9-10-25-16/h1-8,16,18H,9-11H2,(H,21,22)(H,23,24). The average Bonchev–Trinajstić information content (AvgIpc) is 2.61. The van der Waals surface area contributed by atoms with Gasteiger partial charge in [0.05, 0.1) is 19.1 Å². The van der Waals surface area contributed by atoms with Gasteiger partial charge in [0.25, 0.3) is 0 Å². The van der Waals surface area contributed by atoms with Gasteiger partial charge < -0.3 is 15.2 Å². The zero-order valence-electron chi connectivity index (χ0n) is 13.4. The molecular formula is C19H18ClNO4. The van der Waals surface area contributed by atoms with Gasteiger partial charge in [-0.3, -0.25) is 4.79 Å². The molecule has 2 N–H and O–H groups in total. The first-order valence-corrected chi connectivity index (χ1v) is 8.39. The molecule has 130 valence electrons. The maximum Gasteiger partial charge on any atom is 0.330 e. The Labute approximate surface area is 150 Å². The average molecular weight is 360 g/mol. The molecule has 0 radical (unpaired) electrons. The Bertz CT molecular complexity index is 775. The summed E-state index contributed by atoms with van der Waals surface area (Å²) in [5.41, 5.74) is 2.62. The zero-order chi connectivity index (χ0) is 17.8. The Morgan fingerprint density at radius 2 is 1.92 bits per heavy atom. The number of fused-ring (bicyclic) bond motifs is 1. The predicted octanol–water partition coefficient (Wildman–Crippen LogP) is 3.29. The minimum atomic E-state index is -1.12. The Kier molecular flexibility index (Phi) is 5.36. The lowest BCUT2D eigenvalue weighted by molar-refractivity contribution is -0.142. The number of carbonyl (C=O) groups excluding carboxylic acids is 1. The third-order valence-corrected chi connectivity index (χ3v) is 4.47. The maximum absolute atomic E-state index is 12.4. The second kappa shape index (κ2) is 7.68. The summed E-state index contributed by atoms with van der Waals surface area (Å²) < 4.78 is 5.71. The van der Waals surface area contributed by atoms with E-state index in [9.17, 15) is 14.7 Å². The van der Waals surface area contributed by atoms with Crippen LogP contribution in [0.1, 0.15) is 35.3 Å². The SMILES string of the molecule is O=C(CC1OCCc2ccccc21)NC(C(=O)O)c1ccc(Cl)cc1. The Morgan fingerprint density at radius 1 is 1.20 bits per heavy atom. The van der Waals surface area contributed by atoms with Gasteiger partial charge >= 0.3 is 5.97 Å².